The molecule has 1 aliphatic carbocycles. The summed E-state index contributed by atoms with van der Waals surface area (Å²) < 4.78 is 205. The molecule has 17 heteroatoms. The molecule has 0 saturated heterocycles. The van der Waals surface area contributed by atoms with E-state index in [4.69, 9.17) is 0 Å². The van der Waals surface area contributed by atoms with Gasteiger partial charge in [0.15, 0.2) is 23.3 Å². The highest BCUT2D eigenvalue weighted by Gasteiger charge is 3.02. The van der Waals surface area contributed by atoms with E-state index < -0.39 is 92.5 Å². The molecule has 1 aliphatic rings. The molecular weight excluding hydrogens is 545 g/mol. The van der Waals surface area contributed by atoms with Crippen molar-refractivity contribution in [3.63, 3.8) is 0 Å². The summed E-state index contributed by atoms with van der Waals surface area (Å²) in [7, 11) is 0. The largest absolute Gasteiger partial charge is 0.872 e. The lowest BCUT2D eigenvalue weighted by Crippen LogP contribution is -2.85. The van der Waals surface area contributed by atoms with Crippen LogP contribution < -0.4 is 5.11 Å². The summed E-state index contributed by atoms with van der Waals surface area (Å²) in [5, 5.41) is 9.69. The summed E-state index contributed by atoms with van der Waals surface area (Å²) in [5.74, 6) is -53.0. The quantitative estimate of drug-likeness (QED) is 0.165. The maximum absolute atomic E-state index is 14.7. The molecule has 0 aromatic heterocycles. The van der Waals surface area contributed by atoms with Crippen molar-refractivity contribution in [3.05, 3.63) is 53.1 Å². The highest BCUT2D eigenvalue weighted by atomic mass is 19.4. The van der Waals surface area contributed by atoms with Gasteiger partial charge in [0.25, 0.3) is 0 Å². The number of alkyl halides is 11. The van der Waals surface area contributed by atoms with Gasteiger partial charge in [-0.25, -0.2) is 22.0 Å². The molecule has 1 saturated carbocycles. The molecular formula is C19H4F15O2-. The van der Waals surface area contributed by atoms with Gasteiger partial charge in [-0.2, -0.15) is 43.9 Å². The van der Waals surface area contributed by atoms with Crippen LogP contribution in [0.5, 0.6) is 0 Å². The van der Waals surface area contributed by atoms with Gasteiger partial charge < -0.3 is 5.11 Å². The zero-order valence-electron chi connectivity index (χ0n) is 16.3. The number of hydrogen-bond donors (Lipinski definition) is 0. The second kappa shape index (κ2) is 7.44. The van der Waals surface area contributed by atoms with Crippen molar-refractivity contribution >= 4 is 22.3 Å². The van der Waals surface area contributed by atoms with Gasteiger partial charge in [0.05, 0.1) is 0 Å². The molecule has 36 heavy (non-hydrogen) atoms. The van der Waals surface area contributed by atoms with Crippen molar-refractivity contribution in [1.29, 1.82) is 0 Å². The summed E-state index contributed by atoms with van der Waals surface area (Å²) in [4.78, 5) is 11.8. The second-order valence-electron chi connectivity index (χ2n) is 7.42. The van der Waals surface area contributed by atoms with Crippen molar-refractivity contribution in [2.24, 2.45) is 0 Å². The number of fused-ring (bicyclic) bond motifs is 1. The molecule has 0 heterocycles. The monoisotopic (exact) mass is 549 g/mol. The third-order valence-corrected chi connectivity index (χ3v) is 5.40. The Hall–Kier alpha value is -3.14. The molecule has 0 atom stereocenters. The van der Waals surface area contributed by atoms with Gasteiger partial charge in [0, 0.05) is 10.8 Å². The first-order valence-corrected chi connectivity index (χ1v) is 8.81. The Balaban J connectivity index is 2.21. The standard InChI is InChI=1S/C19H5F15O2/c20-10-6-2-1-5(3-7(6)11(21)13(23)12(10)22)8(35)4-9(36)14(24)15(25,26)17(29,30)19(33,34)18(31,32)16(14,27)28/h1-4,35H/p-1/b8-4-. The Morgan fingerprint density at radius 2 is 1.00 bits per heavy atom. The van der Waals surface area contributed by atoms with Crippen molar-refractivity contribution < 1.29 is 75.8 Å². The maximum Gasteiger partial charge on any atom is 0.384 e. The van der Waals surface area contributed by atoms with E-state index in [0.717, 1.165) is 0 Å². The minimum Gasteiger partial charge on any atom is -0.872 e. The first-order chi connectivity index (χ1) is 16.0. The fourth-order valence-electron chi connectivity index (χ4n) is 3.33. The summed E-state index contributed by atoms with van der Waals surface area (Å²) in [5.41, 5.74) is -8.43. The highest BCUT2D eigenvalue weighted by molar-refractivity contribution is 6.03. The van der Waals surface area contributed by atoms with Gasteiger partial charge in [-0.05, 0) is 17.7 Å². The Labute approximate surface area is 187 Å². The van der Waals surface area contributed by atoms with Gasteiger partial charge in [-0.15, -0.1) is 0 Å². The second-order valence-corrected chi connectivity index (χ2v) is 7.42. The van der Waals surface area contributed by atoms with Crippen LogP contribution in [0.3, 0.4) is 0 Å². The SMILES string of the molecule is O=C(/C=C(\[O-])c1ccc2c(F)c(F)c(F)c(F)c2c1)C1(F)C(F)(F)C(F)(F)C(F)(F)C(F)(F)C1(F)F. The molecule has 3 rings (SSSR count). The highest BCUT2D eigenvalue weighted by Crippen LogP contribution is 2.69. The summed E-state index contributed by atoms with van der Waals surface area (Å²) in [6.45, 7) is 0. The van der Waals surface area contributed by atoms with E-state index in [1.54, 1.807) is 0 Å². The molecule has 0 unspecified atom stereocenters. The normalized spacial score (nSPS) is 23.5. The minimum atomic E-state index is -7.60. The lowest BCUT2D eigenvalue weighted by Gasteiger charge is -2.51. The van der Waals surface area contributed by atoms with E-state index in [9.17, 15) is 75.8 Å². The summed E-state index contributed by atoms with van der Waals surface area (Å²) in [6.07, 6.45) is -1.23. The molecule has 0 bridgehead atoms. The number of carbonyl (C=O) groups is 1. The first-order valence-electron chi connectivity index (χ1n) is 8.81. The predicted molar refractivity (Wildman–Crippen MR) is 85.3 cm³/mol. The number of ketones is 1. The van der Waals surface area contributed by atoms with E-state index in [0.29, 0.717) is 6.07 Å². The minimum absolute atomic E-state index is 0.0435. The van der Waals surface area contributed by atoms with E-state index in [1.807, 2.05) is 0 Å². The van der Waals surface area contributed by atoms with Gasteiger partial charge in [0.1, 0.15) is 0 Å². The van der Waals surface area contributed by atoms with E-state index in [1.165, 1.54) is 0 Å². The molecule has 0 N–H and O–H groups in total. The lowest BCUT2D eigenvalue weighted by atomic mass is 9.70. The van der Waals surface area contributed by atoms with Gasteiger partial charge in [-0.3, -0.25) is 4.79 Å². The third kappa shape index (κ3) is 2.87. The zero-order valence-corrected chi connectivity index (χ0v) is 16.3. The third-order valence-electron chi connectivity index (χ3n) is 5.40. The van der Waals surface area contributed by atoms with Crippen molar-refractivity contribution in [2.45, 2.75) is 35.3 Å². The van der Waals surface area contributed by atoms with Crippen molar-refractivity contribution in [2.75, 3.05) is 0 Å². The first kappa shape index (κ1) is 27.4. The molecule has 1 fully saturated rings. The topological polar surface area (TPSA) is 40.1 Å². The van der Waals surface area contributed by atoms with Crippen LogP contribution in [0.4, 0.5) is 65.9 Å². The van der Waals surface area contributed by atoms with Crippen LogP contribution in [-0.2, 0) is 4.79 Å². The van der Waals surface area contributed by atoms with Crippen LogP contribution >= 0.6 is 0 Å². The van der Waals surface area contributed by atoms with Crippen LogP contribution in [0.1, 0.15) is 5.56 Å². The van der Waals surface area contributed by atoms with Crippen molar-refractivity contribution in [3.8, 4) is 0 Å². The Morgan fingerprint density at radius 3 is 1.44 bits per heavy atom. The van der Waals surface area contributed by atoms with E-state index in [-0.39, 0.29) is 12.1 Å². The number of halogens is 15. The number of allylic oxidation sites excluding steroid dienone is 1. The molecule has 198 valence electrons. The van der Waals surface area contributed by atoms with Gasteiger partial charge in [-0.1, -0.05) is 17.9 Å². The predicted octanol–water partition coefficient (Wildman–Crippen LogP) is 5.56. The molecule has 2 aromatic carbocycles. The Bertz CT molecular complexity index is 1280. The molecule has 2 aromatic rings. The van der Waals surface area contributed by atoms with Gasteiger partial charge >= 0.3 is 35.3 Å². The maximum atomic E-state index is 14.7. The van der Waals surface area contributed by atoms with Crippen LogP contribution in [0.2, 0.25) is 0 Å². The van der Waals surface area contributed by atoms with Crippen LogP contribution in [0, 0.1) is 23.3 Å². The van der Waals surface area contributed by atoms with Crippen LogP contribution in [0.15, 0.2) is 24.3 Å². The average molecular weight is 549 g/mol. The molecule has 0 amide bonds. The average Bonchev–Trinajstić information content (AvgIpc) is 2.78. The fraction of sp³-hybridized carbons (Fsp3) is 0.316. The van der Waals surface area contributed by atoms with Crippen LogP contribution in [-0.4, -0.2) is 41.1 Å². The van der Waals surface area contributed by atoms with E-state index in [2.05, 4.69) is 0 Å². The molecule has 0 spiro atoms. The fourth-order valence-corrected chi connectivity index (χ4v) is 3.33. The Kier molecular flexibility index (Phi) is 5.67. The number of benzene rings is 2. The number of rotatable bonds is 3. The van der Waals surface area contributed by atoms with Gasteiger partial charge in [0.2, 0.25) is 5.78 Å². The summed E-state index contributed by atoms with van der Waals surface area (Å²) >= 11 is 0. The van der Waals surface area contributed by atoms with E-state index >= 15 is 0 Å². The molecule has 0 aliphatic heterocycles. The number of carbonyl (C=O) groups excluding carboxylic acids is 1. The number of hydrogen-bond acceptors (Lipinski definition) is 2. The smallest absolute Gasteiger partial charge is 0.384 e. The molecule has 2 nitrogen and oxygen atoms in total. The summed E-state index contributed by atoms with van der Waals surface area (Å²) in [6, 6.07) is 0.606. The van der Waals surface area contributed by atoms with Crippen LogP contribution in [0.25, 0.3) is 16.5 Å². The molecule has 0 radical (unpaired) electrons. The zero-order chi connectivity index (χ0) is 28.0. The van der Waals surface area contributed by atoms with Crippen molar-refractivity contribution in [1.82, 2.24) is 0 Å². The lowest BCUT2D eigenvalue weighted by molar-refractivity contribution is -0.475. The Morgan fingerprint density at radius 1 is 0.611 bits per heavy atom.